The van der Waals surface area contributed by atoms with E-state index in [0.717, 1.165) is 55.3 Å². The summed E-state index contributed by atoms with van der Waals surface area (Å²) in [5, 5.41) is 8.93. The van der Waals surface area contributed by atoms with Crippen LogP contribution in [0.3, 0.4) is 0 Å². The van der Waals surface area contributed by atoms with Gasteiger partial charge < -0.3 is 18.6 Å². The first-order chi connectivity index (χ1) is 30.4. The number of anilines is 6. The van der Waals surface area contributed by atoms with Crippen LogP contribution in [0.15, 0.2) is 167 Å². The Labute approximate surface area is 369 Å². The molecule has 0 spiro atoms. The lowest BCUT2D eigenvalue weighted by atomic mass is 9.33. The highest BCUT2D eigenvalue weighted by atomic mass is 28.3. The van der Waals surface area contributed by atoms with Gasteiger partial charge in [0.2, 0.25) is 0 Å². The summed E-state index contributed by atoms with van der Waals surface area (Å²) in [5.41, 5.74) is 17.1. The molecule has 63 heavy (non-hydrogen) atoms. The Morgan fingerprint density at radius 3 is 1.19 bits per heavy atom. The fourth-order valence-corrected chi connectivity index (χ4v) is 16.0. The van der Waals surface area contributed by atoms with Crippen LogP contribution in [0.5, 0.6) is 0 Å². The molecule has 4 nitrogen and oxygen atoms in total. The van der Waals surface area contributed by atoms with E-state index in [2.05, 4.69) is 216 Å². The molecule has 0 amide bonds. The zero-order valence-corrected chi connectivity index (χ0v) is 37.8. The smallest absolute Gasteiger partial charge is 0.251 e. The van der Waals surface area contributed by atoms with Gasteiger partial charge in [-0.25, -0.2) is 0 Å². The van der Waals surface area contributed by atoms with Gasteiger partial charge in [-0.3, -0.25) is 0 Å². The minimum atomic E-state index is -2.61. The van der Waals surface area contributed by atoms with Gasteiger partial charge in [0.15, 0.2) is 11.2 Å². The summed E-state index contributed by atoms with van der Waals surface area (Å²) in [7, 11) is -2.61. The third-order valence-corrected chi connectivity index (χ3v) is 19.1. The topological polar surface area (TPSA) is 32.8 Å². The molecule has 3 aliphatic heterocycles. The minimum absolute atomic E-state index is 0.0372. The van der Waals surface area contributed by atoms with E-state index in [9.17, 15) is 0 Å². The van der Waals surface area contributed by atoms with Gasteiger partial charge in [0.25, 0.3) is 6.71 Å². The SMILES string of the molecule is CC(C)(C)c1cccc2c1oc1c(N3c4cccc5c4B4c6c3cccc6[Si](C)(c3ccccc3)c3cccc(c34)N5c3cccc4c3oc3c(C(C)(C)C)cccc34)cccc12. The van der Waals surface area contributed by atoms with Crippen LogP contribution in [0.4, 0.5) is 34.1 Å². The Hall–Kier alpha value is -6.76. The van der Waals surface area contributed by atoms with E-state index in [0.29, 0.717) is 0 Å². The average molecular weight is 831 g/mol. The summed E-state index contributed by atoms with van der Waals surface area (Å²) in [6.07, 6.45) is 0. The van der Waals surface area contributed by atoms with Crippen molar-refractivity contribution in [2.45, 2.75) is 58.9 Å². The number of furan rings is 2. The van der Waals surface area contributed by atoms with Crippen LogP contribution in [0, 0.1) is 0 Å². The second-order valence-electron chi connectivity index (χ2n) is 20.2. The van der Waals surface area contributed by atoms with Gasteiger partial charge in [0.05, 0.1) is 11.4 Å². The number of benzene rings is 8. The molecule has 0 aliphatic carbocycles. The van der Waals surface area contributed by atoms with Crippen molar-refractivity contribution in [2.75, 3.05) is 9.80 Å². The van der Waals surface area contributed by atoms with E-state index < -0.39 is 8.07 Å². The molecule has 0 bridgehead atoms. The molecule has 5 heterocycles. The van der Waals surface area contributed by atoms with Crippen molar-refractivity contribution in [1.29, 1.82) is 0 Å². The number of para-hydroxylation sites is 4. The number of fused-ring (bicyclic) bond motifs is 6. The molecular weight excluding hydrogens is 784 g/mol. The van der Waals surface area contributed by atoms with Gasteiger partial charge in [-0.2, -0.15) is 0 Å². The summed E-state index contributed by atoms with van der Waals surface area (Å²) in [6, 6.07) is 59.1. The fourth-order valence-electron chi connectivity index (χ4n) is 11.8. The molecule has 13 rings (SSSR count). The third-order valence-electron chi connectivity index (χ3n) is 14.6. The van der Waals surface area contributed by atoms with Crippen LogP contribution < -0.4 is 41.7 Å². The van der Waals surface area contributed by atoms with Crippen molar-refractivity contribution in [2.24, 2.45) is 0 Å². The molecule has 8 aromatic carbocycles. The molecule has 0 atom stereocenters. The number of hydrogen-bond acceptors (Lipinski definition) is 4. The minimum Gasteiger partial charge on any atom is -0.454 e. The lowest BCUT2D eigenvalue weighted by Gasteiger charge is -2.50. The van der Waals surface area contributed by atoms with Crippen LogP contribution >= 0.6 is 0 Å². The fraction of sp³-hybridized carbons (Fsp3) is 0.158. The van der Waals surface area contributed by atoms with Gasteiger partial charge in [-0.05, 0) is 68.8 Å². The summed E-state index contributed by atoms with van der Waals surface area (Å²) < 4.78 is 14.4. The first-order valence-corrected chi connectivity index (χ1v) is 24.9. The highest BCUT2D eigenvalue weighted by molar-refractivity contribution is 7.21. The maximum absolute atomic E-state index is 7.18. The van der Waals surface area contributed by atoms with E-state index in [1.54, 1.807) is 0 Å². The zero-order chi connectivity index (χ0) is 42.7. The van der Waals surface area contributed by atoms with Crippen molar-refractivity contribution in [3.8, 4) is 0 Å². The van der Waals surface area contributed by atoms with Crippen molar-refractivity contribution in [1.82, 2.24) is 0 Å². The monoisotopic (exact) mass is 830 g/mol. The first kappa shape index (κ1) is 36.9. The average Bonchev–Trinajstić information content (AvgIpc) is 3.87. The maximum atomic E-state index is 7.18. The number of nitrogens with zero attached hydrogens (tertiary/aromatic N) is 2. The van der Waals surface area contributed by atoms with E-state index in [1.807, 2.05) is 0 Å². The standard InChI is InChI=1S/C57H47BN2O2Si/c1-56(2,3)39-24-11-20-35-37-22-13-30-45(54(37)61-52(35)39)59-41-26-15-27-42-49(41)58-50-43(59)28-16-32-47(50)63(7,34-18-9-8-10-19-34)48-33-17-29-44(51(48)58)60(42)46-31-14-23-38-36-21-12-25-40(57(4,5)6)53(36)62-55(38)46/h8-33H,1-7H3. The Kier molecular flexibility index (Phi) is 7.29. The van der Waals surface area contributed by atoms with E-state index in [1.165, 1.54) is 65.8 Å². The molecule has 10 aromatic rings. The van der Waals surface area contributed by atoms with Gasteiger partial charge in [-0.1, -0.05) is 180 Å². The molecule has 0 unspecified atom stereocenters. The van der Waals surface area contributed by atoms with Gasteiger partial charge >= 0.3 is 0 Å². The zero-order valence-electron chi connectivity index (χ0n) is 36.8. The first-order valence-electron chi connectivity index (χ1n) is 22.4. The lowest BCUT2D eigenvalue weighted by Crippen LogP contribution is -2.83. The van der Waals surface area contributed by atoms with Crippen molar-refractivity contribution >= 4 is 125 Å². The molecule has 304 valence electrons. The lowest BCUT2D eigenvalue weighted by molar-refractivity contribution is 0.572. The molecule has 0 saturated carbocycles. The Bertz CT molecular complexity index is 3380. The predicted octanol–water partition coefficient (Wildman–Crippen LogP) is 11.6. The normalized spacial score (nSPS) is 14.9. The van der Waals surface area contributed by atoms with Crippen LogP contribution in [-0.4, -0.2) is 14.8 Å². The van der Waals surface area contributed by atoms with Crippen LogP contribution in [0.1, 0.15) is 52.7 Å². The summed E-state index contributed by atoms with van der Waals surface area (Å²) in [5.74, 6) is 0. The van der Waals surface area contributed by atoms with Crippen LogP contribution in [0.25, 0.3) is 43.9 Å². The second-order valence-corrected chi connectivity index (χ2v) is 24.1. The molecule has 0 radical (unpaired) electrons. The highest BCUT2D eigenvalue weighted by Gasteiger charge is 2.54. The third kappa shape index (κ3) is 4.77. The van der Waals surface area contributed by atoms with Gasteiger partial charge in [0.1, 0.15) is 19.2 Å². The molecular formula is C57H47BN2O2Si. The van der Waals surface area contributed by atoms with Crippen molar-refractivity contribution in [3.05, 3.63) is 169 Å². The summed E-state index contributed by atoms with van der Waals surface area (Å²) >= 11 is 0. The molecule has 0 fully saturated rings. The van der Waals surface area contributed by atoms with Crippen LogP contribution in [0.2, 0.25) is 6.55 Å². The maximum Gasteiger partial charge on any atom is 0.251 e. The van der Waals surface area contributed by atoms with Crippen molar-refractivity contribution < 1.29 is 8.83 Å². The molecule has 3 aliphatic rings. The van der Waals surface area contributed by atoms with Crippen molar-refractivity contribution in [3.63, 3.8) is 0 Å². The quantitative estimate of drug-likeness (QED) is 0.166. The molecule has 0 N–H and O–H groups in total. The Morgan fingerprint density at radius 1 is 0.381 bits per heavy atom. The number of hydrogen-bond donors (Lipinski definition) is 0. The van der Waals surface area contributed by atoms with E-state index in [-0.39, 0.29) is 17.5 Å². The number of rotatable bonds is 3. The largest absolute Gasteiger partial charge is 0.454 e. The van der Waals surface area contributed by atoms with Gasteiger partial charge in [-0.15, -0.1) is 0 Å². The molecule has 2 aromatic heterocycles. The van der Waals surface area contributed by atoms with Gasteiger partial charge in [0, 0.05) is 55.4 Å². The van der Waals surface area contributed by atoms with Crippen LogP contribution in [-0.2, 0) is 10.8 Å². The molecule has 0 saturated heterocycles. The second kappa shape index (κ2) is 12.5. The molecule has 6 heteroatoms. The van der Waals surface area contributed by atoms with E-state index >= 15 is 0 Å². The Morgan fingerprint density at radius 2 is 0.746 bits per heavy atom. The Balaban J connectivity index is 1.16. The highest BCUT2D eigenvalue weighted by Crippen LogP contribution is 2.50. The predicted molar refractivity (Wildman–Crippen MR) is 269 cm³/mol. The van der Waals surface area contributed by atoms with E-state index in [4.69, 9.17) is 8.83 Å². The summed E-state index contributed by atoms with van der Waals surface area (Å²) in [6.45, 7) is 16.2. The summed E-state index contributed by atoms with van der Waals surface area (Å²) in [4.78, 5) is 5.06.